The van der Waals surface area contributed by atoms with Crippen molar-refractivity contribution in [2.75, 3.05) is 41.8 Å². The Bertz CT molecular complexity index is 1860. The summed E-state index contributed by atoms with van der Waals surface area (Å²) in [4.78, 5) is 50.1. The summed E-state index contributed by atoms with van der Waals surface area (Å²) in [6.45, 7) is 18.2. The molecule has 0 spiro atoms. The van der Waals surface area contributed by atoms with Crippen molar-refractivity contribution in [3.8, 4) is 17.0 Å². The van der Waals surface area contributed by atoms with Gasteiger partial charge in [0.2, 0.25) is 12.3 Å². The Hall–Kier alpha value is -4.96. The van der Waals surface area contributed by atoms with Crippen molar-refractivity contribution in [3.63, 3.8) is 0 Å². The number of nitrogens with zero attached hydrogens (tertiary/aromatic N) is 4. The SMILES string of the molecule is Cc1c(-c2cc3cc(NC(O)OC4CN(C(=O)OC(C)(C)C)C4)ncc3c(NC(=O)OC(C)(C)C)c2F)cnc2c1N(C(=O)OC(C)(C)C)CCO2. The number of aliphatic hydroxyl groups is 1. The molecule has 2 aromatic heterocycles. The zero-order valence-electron chi connectivity index (χ0n) is 31.2. The highest BCUT2D eigenvalue weighted by Gasteiger charge is 2.36. The van der Waals surface area contributed by atoms with Gasteiger partial charge in [-0.05, 0) is 92.3 Å². The molecule has 1 atom stereocenters. The molecule has 0 saturated carbocycles. The number of rotatable bonds is 6. The molecule has 3 amide bonds. The fourth-order valence-corrected chi connectivity index (χ4v) is 5.53. The van der Waals surface area contributed by atoms with E-state index in [1.165, 1.54) is 22.2 Å². The van der Waals surface area contributed by atoms with Crippen LogP contribution in [-0.2, 0) is 18.9 Å². The average molecular weight is 727 g/mol. The lowest BCUT2D eigenvalue weighted by atomic mass is 9.96. The van der Waals surface area contributed by atoms with Gasteiger partial charge in [0, 0.05) is 28.9 Å². The Labute approximate surface area is 301 Å². The largest absolute Gasteiger partial charge is 0.474 e. The molecule has 1 saturated heterocycles. The fraction of sp³-hybridized carbons (Fsp3) is 0.528. The number of aromatic nitrogens is 2. The number of ether oxygens (including phenoxy) is 5. The van der Waals surface area contributed by atoms with Crippen LogP contribution in [0.1, 0.15) is 67.9 Å². The highest BCUT2D eigenvalue weighted by Crippen LogP contribution is 2.42. The molecule has 4 heterocycles. The number of carbonyl (C=O) groups is 3. The van der Waals surface area contributed by atoms with Crippen molar-refractivity contribution in [1.29, 1.82) is 0 Å². The third kappa shape index (κ3) is 9.09. The van der Waals surface area contributed by atoms with E-state index in [1.807, 2.05) is 0 Å². The Morgan fingerprint density at radius 3 is 2.19 bits per heavy atom. The zero-order valence-corrected chi connectivity index (χ0v) is 31.2. The Kier molecular flexibility index (Phi) is 10.5. The quantitative estimate of drug-likeness (QED) is 0.185. The van der Waals surface area contributed by atoms with Crippen LogP contribution in [0.2, 0.25) is 0 Å². The third-order valence-electron chi connectivity index (χ3n) is 7.68. The zero-order chi connectivity index (χ0) is 38.3. The molecule has 15 nitrogen and oxygen atoms in total. The maximum Gasteiger partial charge on any atom is 0.415 e. The maximum absolute atomic E-state index is 16.7. The lowest BCUT2D eigenvalue weighted by molar-refractivity contribution is -0.157. The first-order valence-corrected chi connectivity index (χ1v) is 16.9. The van der Waals surface area contributed by atoms with E-state index in [4.69, 9.17) is 23.7 Å². The van der Waals surface area contributed by atoms with E-state index in [-0.39, 0.29) is 54.6 Å². The highest BCUT2D eigenvalue weighted by molar-refractivity contribution is 6.04. The summed E-state index contributed by atoms with van der Waals surface area (Å²) >= 11 is 0. The van der Waals surface area contributed by atoms with E-state index in [0.29, 0.717) is 22.2 Å². The highest BCUT2D eigenvalue weighted by atomic mass is 19.1. The number of hydrogen-bond donors (Lipinski definition) is 3. The first-order valence-electron chi connectivity index (χ1n) is 16.9. The van der Waals surface area contributed by atoms with Crippen LogP contribution in [0.5, 0.6) is 5.88 Å². The van der Waals surface area contributed by atoms with Crippen LogP contribution in [0.25, 0.3) is 21.9 Å². The number of nitrogens with one attached hydrogen (secondary N) is 2. The number of anilines is 3. The molecule has 0 aliphatic carbocycles. The van der Waals surface area contributed by atoms with Gasteiger partial charge >= 0.3 is 18.3 Å². The predicted molar refractivity (Wildman–Crippen MR) is 191 cm³/mol. The molecule has 1 fully saturated rings. The summed E-state index contributed by atoms with van der Waals surface area (Å²) in [6, 6.07) is 3.10. The number of amides is 3. The van der Waals surface area contributed by atoms with Gasteiger partial charge < -0.3 is 39.0 Å². The molecule has 0 bridgehead atoms. The maximum atomic E-state index is 16.7. The molecule has 3 N–H and O–H groups in total. The number of hydrogen-bond acceptors (Lipinski definition) is 12. The summed E-state index contributed by atoms with van der Waals surface area (Å²) in [5, 5.41) is 16.6. The lowest BCUT2D eigenvalue weighted by Gasteiger charge is -2.40. The number of carbonyl (C=O) groups excluding carboxylic acids is 3. The fourth-order valence-electron chi connectivity index (χ4n) is 5.53. The minimum atomic E-state index is -1.50. The molecule has 0 radical (unpaired) electrons. The Balaban J connectivity index is 1.48. The number of fused-ring (bicyclic) bond motifs is 2. The minimum absolute atomic E-state index is 0.0479. The number of pyridine rings is 2. The molecule has 16 heteroatoms. The molecule has 282 valence electrons. The molecular weight excluding hydrogens is 679 g/mol. The minimum Gasteiger partial charge on any atom is -0.474 e. The summed E-state index contributed by atoms with van der Waals surface area (Å²) in [6.07, 6.45) is -1.14. The lowest BCUT2D eigenvalue weighted by Crippen LogP contribution is -2.57. The van der Waals surface area contributed by atoms with Gasteiger partial charge in [0.05, 0.1) is 31.4 Å². The van der Waals surface area contributed by atoms with Gasteiger partial charge in [0.25, 0.3) is 0 Å². The number of aliphatic hydroxyl groups excluding tert-OH is 1. The van der Waals surface area contributed by atoms with E-state index in [0.717, 1.165) is 0 Å². The second-order valence-corrected chi connectivity index (χ2v) is 15.6. The molecule has 5 rings (SSSR count). The summed E-state index contributed by atoms with van der Waals surface area (Å²) in [5.74, 6) is -0.431. The molecular formula is C36H47FN6O9. The van der Waals surface area contributed by atoms with Crippen molar-refractivity contribution in [2.24, 2.45) is 0 Å². The Morgan fingerprint density at radius 2 is 1.56 bits per heavy atom. The van der Waals surface area contributed by atoms with Crippen molar-refractivity contribution in [2.45, 2.75) is 98.6 Å². The summed E-state index contributed by atoms with van der Waals surface area (Å²) in [5.41, 5.74) is -1.30. The first kappa shape index (κ1) is 38.3. The number of likely N-dealkylation sites (tertiary alicyclic amines) is 1. The molecule has 52 heavy (non-hydrogen) atoms. The van der Waals surface area contributed by atoms with E-state index < -0.39 is 53.4 Å². The smallest absolute Gasteiger partial charge is 0.415 e. The van der Waals surface area contributed by atoms with E-state index >= 15 is 4.39 Å². The second-order valence-electron chi connectivity index (χ2n) is 15.6. The normalized spacial score (nSPS) is 15.6. The number of halogens is 1. The second kappa shape index (κ2) is 14.2. The summed E-state index contributed by atoms with van der Waals surface area (Å²) in [7, 11) is 0. The van der Waals surface area contributed by atoms with Gasteiger partial charge in [-0.2, -0.15) is 0 Å². The predicted octanol–water partition coefficient (Wildman–Crippen LogP) is 6.55. The van der Waals surface area contributed by atoms with Gasteiger partial charge in [-0.25, -0.2) is 28.7 Å². The van der Waals surface area contributed by atoms with Crippen LogP contribution >= 0.6 is 0 Å². The van der Waals surface area contributed by atoms with Gasteiger partial charge in [0.1, 0.15) is 34.9 Å². The summed E-state index contributed by atoms with van der Waals surface area (Å²) < 4.78 is 44.5. The van der Waals surface area contributed by atoms with Gasteiger partial charge in [-0.15, -0.1) is 0 Å². The van der Waals surface area contributed by atoms with Crippen LogP contribution in [0.15, 0.2) is 24.5 Å². The molecule has 1 unspecified atom stereocenters. The Morgan fingerprint density at radius 1 is 0.923 bits per heavy atom. The van der Waals surface area contributed by atoms with Crippen LogP contribution in [-0.4, -0.2) is 93.8 Å². The third-order valence-corrected chi connectivity index (χ3v) is 7.68. The first-order chi connectivity index (χ1) is 24.1. The van der Waals surface area contributed by atoms with Gasteiger partial charge in [-0.3, -0.25) is 10.2 Å². The standard InChI is InChI=1S/C36H47FN6O9/c1-19-23(15-39-29-28(19)43(11-12-48-29)33(47)52-36(8,9)10)22-13-20-14-25(38-16-24(20)27(26(22)37)41-31(45)50-34(2,3)4)40-30(44)49-21-17-42(18-21)32(46)51-35(5,6)7/h13-16,21,30,44H,11-12,17-18H2,1-10H3,(H,38,40)(H,41,45). The topological polar surface area (TPSA) is 174 Å². The van der Waals surface area contributed by atoms with Gasteiger partial charge in [-0.1, -0.05) is 0 Å². The van der Waals surface area contributed by atoms with Crippen molar-refractivity contribution < 1.29 is 47.6 Å². The van der Waals surface area contributed by atoms with Crippen molar-refractivity contribution >= 4 is 46.2 Å². The molecule has 2 aliphatic rings. The van der Waals surface area contributed by atoms with E-state index in [9.17, 15) is 19.5 Å². The molecule has 2 aliphatic heterocycles. The van der Waals surface area contributed by atoms with Crippen LogP contribution in [0.3, 0.4) is 0 Å². The van der Waals surface area contributed by atoms with Crippen LogP contribution in [0, 0.1) is 12.7 Å². The van der Waals surface area contributed by atoms with Crippen molar-refractivity contribution in [1.82, 2.24) is 14.9 Å². The average Bonchev–Trinajstić information content (AvgIpc) is 2.97. The van der Waals surface area contributed by atoms with Crippen LogP contribution < -0.4 is 20.3 Å². The van der Waals surface area contributed by atoms with Crippen molar-refractivity contribution in [3.05, 3.63) is 35.9 Å². The van der Waals surface area contributed by atoms with Crippen LogP contribution in [0.4, 0.5) is 36.0 Å². The van der Waals surface area contributed by atoms with E-state index in [2.05, 4.69) is 20.6 Å². The monoisotopic (exact) mass is 726 g/mol. The van der Waals surface area contributed by atoms with E-state index in [1.54, 1.807) is 81.4 Å². The molecule has 1 aromatic carbocycles. The number of benzene rings is 1. The molecule has 3 aromatic rings. The van der Waals surface area contributed by atoms with Gasteiger partial charge in [0.15, 0.2) is 5.82 Å².